The Balaban J connectivity index is 2.16. The van der Waals surface area contributed by atoms with Gasteiger partial charge in [-0.2, -0.15) is 0 Å². The standard InChI is InChI=1S/C12H16N4O2S2/c1-2-4-15-11-3-5-13-8-12(11)20(17,18)16-7-10-6-14-9-19-10/h3,5-6,8-9,16H,2,4,7H2,1H3,(H,13,15). The summed E-state index contributed by atoms with van der Waals surface area (Å²) in [4.78, 5) is 8.83. The van der Waals surface area contributed by atoms with Crippen LogP contribution in [0.25, 0.3) is 0 Å². The summed E-state index contributed by atoms with van der Waals surface area (Å²) in [6.07, 6.45) is 5.48. The van der Waals surface area contributed by atoms with Crippen molar-refractivity contribution in [3.63, 3.8) is 0 Å². The highest BCUT2D eigenvalue weighted by Gasteiger charge is 2.18. The fraction of sp³-hybridized carbons (Fsp3) is 0.333. The Hall–Kier alpha value is -1.51. The molecule has 0 bridgehead atoms. The van der Waals surface area contributed by atoms with E-state index in [4.69, 9.17) is 0 Å². The van der Waals surface area contributed by atoms with Crippen LogP contribution in [0.1, 0.15) is 18.2 Å². The number of thiazole rings is 1. The zero-order valence-electron chi connectivity index (χ0n) is 11.0. The molecule has 0 unspecified atom stereocenters. The Kier molecular flexibility index (Phi) is 5.05. The number of pyridine rings is 1. The first-order chi connectivity index (χ1) is 9.63. The number of nitrogens with one attached hydrogen (secondary N) is 2. The highest BCUT2D eigenvalue weighted by atomic mass is 32.2. The number of hydrogen-bond acceptors (Lipinski definition) is 6. The van der Waals surface area contributed by atoms with Crippen molar-refractivity contribution in [2.45, 2.75) is 24.8 Å². The lowest BCUT2D eigenvalue weighted by atomic mass is 10.4. The summed E-state index contributed by atoms with van der Waals surface area (Å²) in [7, 11) is -3.59. The Morgan fingerprint density at radius 3 is 2.85 bits per heavy atom. The Labute approximate surface area is 122 Å². The fourth-order valence-electron chi connectivity index (χ4n) is 1.57. The molecule has 2 aromatic rings. The molecule has 20 heavy (non-hydrogen) atoms. The molecule has 0 amide bonds. The van der Waals surface area contributed by atoms with E-state index in [0.29, 0.717) is 12.2 Å². The molecule has 2 rings (SSSR count). The molecule has 0 saturated heterocycles. The van der Waals surface area contributed by atoms with Gasteiger partial charge in [-0.15, -0.1) is 11.3 Å². The number of hydrogen-bond donors (Lipinski definition) is 2. The predicted molar refractivity (Wildman–Crippen MR) is 79.2 cm³/mol. The first kappa shape index (κ1) is 14.9. The molecule has 0 aliphatic heterocycles. The zero-order valence-corrected chi connectivity index (χ0v) is 12.7. The van der Waals surface area contributed by atoms with E-state index in [-0.39, 0.29) is 11.4 Å². The van der Waals surface area contributed by atoms with Crippen LogP contribution in [0.2, 0.25) is 0 Å². The topological polar surface area (TPSA) is 84.0 Å². The van der Waals surface area contributed by atoms with Gasteiger partial charge in [0.1, 0.15) is 4.90 Å². The third kappa shape index (κ3) is 3.75. The van der Waals surface area contributed by atoms with Crippen LogP contribution in [0.15, 0.2) is 35.1 Å². The molecule has 0 saturated carbocycles. The van der Waals surface area contributed by atoms with E-state index in [1.54, 1.807) is 24.0 Å². The summed E-state index contributed by atoms with van der Waals surface area (Å²) in [6.45, 7) is 2.96. The second kappa shape index (κ2) is 6.78. The zero-order chi connectivity index (χ0) is 14.4. The quantitative estimate of drug-likeness (QED) is 0.815. The second-order valence-corrected chi connectivity index (χ2v) is 6.80. The van der Waals surface area contributed by atoms with Gasteiger partial charge in [0.05, 0.1) is 11.2 Å². The van der Waals surface area contributed by atoms with Gasteiger partial charge < -0.3 is 5.32 Å². The van der Waals surface area contributed by atoms with Crippen LogP contribution in [0.3, 0.4) is 0 Å². The van der Waals surface area contributed by atoms with Crippen LogP contribution in [0.5, 0.6) is 0 Å². The molecular weight excluding hydrogens is 296 g/mol. The second-order valence-electron chi connectivity index (χ2n) is 4.09. The van der Waals surface area contributed by atoms with Gasteiger partial charge in [0, 0.05) is 36.6 Å². The van der Waals surface area contributed by atoms with Gasteiger partial charge in [0.2, 0.25) is 10.0 Å². The smallest absolute Gasteiger partial charge is 0.244 e. The fourth-order valence-corrected chi connectivity index (χ4v) is 3.33. The maximum atomic E-state index is 12.3. The predicted octanol–water partition coefficient (Wildman–Crippen LogP) is 1.84. The molecule has 0 spiro atoms. The van der Waals surface area contributed by atoms with E-state index in [9.17, 15) is 8.42 Å². The highest BCUT2D eigenvalue weighted by Crippen LogP contribution is 2.19. The Morgan fingerprint density at radius 2 is 2.15 bits per heavy atom. The highest BCUT2D eigenvalue weighted by molar-refractivity contribution is 7.89. The van der Waals surface area contributed by atoms with Gasteiger partial charge in [-0.1, -0.05) is 6.92 Å². The van der Waals surface area contributed by atoms with Gasteiger partial charge >= 0.3 is 0 Å². The Morgan fingerprint density at radius 1 is 1.30 bits per heavy atom. The molecule has 8 heteroatoms. The number of aromatic nitrogens is 2. The molecular formula is C12H16N4O2S2. The SMILES string of the molecule is CCCNc1ccncc1S(=O)(=O)NCc1cncs1. The van der Waals surface area contributed by atoms with Crippen LogP contribution in [-0.4, -0.2) is 24.9 Å². The van der Waals surface area contributed by atoms with Crippen molar-refractivity contribution in [1.82, 2.24) is 14.7 Å². The lowest BCUT2D eigenvalue weighted by Gasteiger charge is -2.11. The van der Waals surface area contributed by atoms with Crippen molar-refractivity contribution in [1.29, 1.82) is 0 Å². The average molecular weight is 312 g/mol. The van der Waals surface area contributed by atoms with Gasteiger partial charge in [0.25, 0.3) is 0 Å². The number of anilines is 1. The van der Waals surface area contributed by atoms with Crippen LogP contribution in [-0.2, 0) is 16.6 Å². The van der Waals surface area contributed by atoms with Crippen molar-refractivity contribution >= 4 is 27.0 Å². The van der Waals surface area contributed by atoms with E-state index in [1.165, 1.54) is 17.5 Å². The van der Waals surface area contributed by atoms with Crippen molar-refractivity contribution in [2.75, 3.05) is 11.9 Å². The molecule has 6 nitrogen and oxygen atoms in total. The van der Waals surface area contributed by atoms with E-state index >= 15 is 0 Å². The molecule has 108 valence electrons. The lowest BCUT2D eigenvalue weighted by Crippen LogP contribution is -2.24. The number of sulfonamides is 1. The van der Waals surface area contributed by atoms with E-state index in [2.05, 4.69) is 20.0 Å². The van der Waals surface area contributed by atoms with Crippen molar-refractivity contribution in [3.05, 3.63) is 35.0 Å². The van der Waals surface area contributed by atoms with Gasteiger partial charge in [-0.3, -0.25) is 9.97 Å². The number of rotatable bonds is 7. The summed E-state index contributed by atoms with van der Waals surface area (Å²) < 4.78 is 27.2. The first-order valence-electron chi connectivity index (χ1n) is 6.18. The molecule has 0 radical (unpaired) electrons. The minimum atomic E-state index is -3.59. The maximum absolute atomic E-state index is 12.3. The third-order valence-corrected chi connectivity index (χ3v) is 4.77. The summed E-state index contributed by atoms with van der Waals surface area (Å²) in [5, 5.41) is 3.09. The molecule has 0 fully saturated rings. The minimum absolute atomic E-state index is 0.165. The normalized spacial score (nSPS) is 11.4. The van der Waals surface area contributed by atoms with Gasteiger partial charge in [-0.25, -0.2) is 13.1 Å². The molecule has 0 aliphatic rings. The third-order valence-electron chi connectivity index (χ3n) is 2.56. The Bertz CT molecular complexity index is 641. The van der Waals surface area contributed by atoms with Crippen molar-refractivity contribution in [2.24, 2.45) is 0 Å². The van der Waals surface area contributed by atoms with E-state index in [0.717, 1.165) is 11.3 Å². The van der Waals surface area contributed by atoms with Gasteiger partial charge in [0.15, 0.2) is 0 Å². The summed E-state index contributed by atoms with van der Waals surface area (Å²) >= 11 is 1.41. The van der Waals surface area contributed by atoms with Gasteiger partial charge in [-0.05, 0) is 12.5 Å². The van der Waals surface area contributed by atoms with Crippen LogP contribution >= 0.6 is 11.3 Å². The molecule has 0 aromatic carbocycles. The molecule has 0 aliphatic carbocycles. The van der Waals surface area contributed by atoms with Crippen molar-refractivity contribution < 1.29 is 8.42 Å². The summed E-state index contributed by atoms with van der Waals surface area (Å²) in [5.74, 6) is 0. The number of nitrogens with zero attached hydrogens (tertiary/aromatic N) is 2. The monoisotopic (exact) mass is 312 g/mol. The molecule has 2 aromatic heterocycles. The van der Waals surface area contributed by atoms with E-state index < -0.39 is 10.0 Å². The first-order valence-corrected chi connectivity index (χ1v) is 8.54. The average Bonchev–Trinajstić information content (AvgIpc) is 2.97. The molecule has 2 N–H and O–H groups in total. The van der Waals surface area contributed by atoms with E-state index in [1.807, 2.05) is 6.92 Å². The van der Waals surface area contributed by atoms with Crippen LogP contribution < -0.4 is 10.0 Å². The van der Waals surface area contributed by atoms with Crippen LogP contribution in [0, 0.1) is 0 Å². The summed E-state index contributed by atoms with van der Waals surface area (Å²) in [5.41, 5.74) is 2.24. The van der Waals surface area contributed by atoms with Crippen molar-refractivity contribution in [3.8, 4) is 0 Å². The maximum Gasteiger partial charge on any atom is 0.244 e. The molecule has 2 heterocycles. The summed E-state index contributed by atoms with van der Waals surface area (Å²) in [6, 6.07) is 1.66. The molecule has 0 atom stereocenters. The van der Waals surface area contributed by atoms with Crippen LogP contribution in [0.4, 0.5) is 5.69 Å². The largest absolute Gasteiger partial charge is 0.384 e. The lowest BCUT2D eigenvalue weighted by molar-refractivity contribution is 0.581. The minimum Gasteiger partial charge on any atom is -0.384 e.